The Morgan fingerprint density at radius 2 is 2.27 bits per heavy atom. The number of aromatic nitrogens is 1. The van der Waals surface area contributed by atoms with E-state index in [9.17, 15) is 9.18 Å². The number of pyridine rings is 1. The van der Waals surface area contributed by atoms with Crippen LogP contribution in [0.4, 0.5) is 20.6 Å². The highest BCUT2D eigenvalue weighted by atomic mass is 19.1. The number of hydrogen-bond donors (Lipinski definition) is 0. The van der Waals surface area contributed by atoms with Gasteiger partial charge >= 0.3 is 6.09 Å². The molecule has 132 valence electrons. The second-order valence-electron chi connectivity index (χ2n) is 6.13. The lowest BCUT2D eigenvalue weighted by Crippen LogP contribution is -2.25. The van der Waals surface area contributed by atoms with Crippen molar-refractivity contribution >= 4 is 17.5 Å². The molecular formula is C17H15FN6O2. The largest absolute Gasteiger partial charge is 0.444 e. The van der Waals surface area contributed by atoms with Crippen molar-refractivity contribution in [3.05, 3.63) is 64.0 Å². The van der Waals surface area contributed by atoms with Crippen LogP contribution in [0.25, 0.3) is 10.4 Å². The summed E-state index contributed by atoms with van der Waals surface area (Å²) < 4.78 is 19.8. The van der Waals surface area contributed by atoms with Gasteiger partial charge in [-0.2, -0.15) is 0 Å². The summed E-state index contributed by atoms with van der Waals surface area (Å²) in [4.78, 5) is 22.2. The Balaban J connectivity index is 1.52. The quantitative estimate of drug-likeness (QED) is 0.478. The van der Waals surface area contributed by atoms with Gasteiger partial charge in [-0.25, -0.2) is 9.18 Å². The third-order valence-electron chi connectivity index (χ3n) is 4.49. The van der Waals surface area contributed by atoms with Crippen LogP contribution in [0.1, 0.15) is 11.3 Å². The van der Waals surface area contributed by atoms with Crippen LogP contribution in [0.2, 0.25) is 0 Å². The summed E-state index contributed by atoms with van der Waals surface area (Å²) in [5.41, 5.74) is 11.3. The number of nitrogens with zero attached hydrogens (tertiary/aromatic N) is 6. The fourth-order valence-electron chi connectivity index (χ4n) is 3.25. The molecule has 0 saturated carbocycles. The molecule has 0 bridgehead atoms. The summed E-state index contributed by atoms with van der Waals surface area (Å²) >= 11 is 0. The molecule has 4 rings (SSSR count). The first-order valence-corrected chi connectivity index (χ1v) is 8.12. The fraction of sp³-hybridized carbons (Fsp3) is 0.294. The maximum absolute atomic E-state index is 14.7. The predicted molar refractivity (Wildman–Crippen MR) is 92.2 cm³/mol. The van der Waals surface area contributed by atoms with Crippen LogP contribution >= 0.6 is 0 Å². The molecule has 2 aromatic rings. The van der Waals surface area contributed by atoms with Crippen LogP contribution in [-0.2, 0) is 17.8 Å². The lowest BCUT2D eigenvalue weighted by atomic mass is 10.2. The molecule has 1 saturated heterocycles. The zero-order chi connectivity index (χ0) is 18.1. The van der Waals surface area contributed by atoms with Crippen molar-refractivity contribution < 1.29 is 13.9 Å². The minimum absolute atomic E-state index is 0.0539. The zero-order valence-corrected chi connectivity index (χ0v) is 13.7. The van der Waals surface area contributed by atoms with Gasteiger partial charge in [-0.05, 0) is 35.4 Å². The Kier molecular flexibility index (Phi) is 4.06. The minimum atomic E-state index is -0.576. The van der Waals surface area contributed by atoms with E-state index in [0.717, 1.165) is 11.3 Å². The Hall–Kier alpha value is -3.32. The average molecular weight is 354 g/mol. The van der Waals surface area contributed by atoms with Gasteiger partial charge in [0.05, 0.1) is 36.7 Å². The average Bonchev–Trinajstić information content (AvgIpc) is 3.23. The molecule has 9 heteroatoms. The van der Waals surface area contributed by atoms with Crippen LogP contribution in [0.3, 0.4) is 0 Å². The maximum atomic E-state index is 14.7. The number of halogens is 1. The molecule has 0 spiro atoms. The van der Waals surface area contributed by atoms with E-state index in [4.69, 9.17) is 10.3 Å². The molecule has 3 heterocycles. The highest BCUT2D eigenvalue weighted by molar-refractivity contribution is 5.90. The van der Waals surface area contributed by atoms with E-state index in [1.165, 1.54) is 11.0 Å². The standard InChI is InChI=1S/C17H15FN6O2/c18-14-6-12(24-9-13(7-21-22-19)26-17(24)25)3-4-16(14)23-8-11-2-1-5-20-15(11)10-23/h1-6,13H,7-10H2/t13-/m0/s1. The Morgan fingerprint density at radius 3 is 3.04 bits per heavy atom. The van der Waals surface area contributed by atoms with Crippen molar-refractivity contribution in [2.24, 2.45) is 5.11 Å². The summed E-state index contributed by atoms with van der Waals surface area (Å²) in [5, 5.41) is 3.41. The van der Waals surface area contributed by atoms with Crippen molar-refractivity contribution in [2.45, 2.75) is 19.2 Å². The van der Waals surface area contributed by atoms with Crippen molar-refractivity contribution in [3.63, 3.8) is 0 Å². The second kappa shape index (κ2) is 6.53. The zero-order valence-electron chi connectivity index (χ0n) is 13.7. The fourth-order valence-corrected chi connectivity index (χ4v) is 3.25. The number of benzene rings is 1. The van der Waals surface area contributed by atoms with E-state index in [1.54, 1.807) is 18.3 Å². The Morgan fingerprint density at radius 1 is 1.38 bits per heavy atom. The highest BCUT2D eigenvalue weighted by Crippen LogP contribution is 2.32. The molecule has 2 aliphatic rings. The molecule has 0 radical (unpaired) electrons. The number of carbonyl (C=O) groups is 1. The van der Waals surface area contributed by atoms with Crippen LogP contribution in [0.5, 0.6) is 0 Å². The Bertz CT molecular complexity index is 889. The molecule has 0 aliphatic carbocycles. The summed E-state index contributed by atoms with van der Waals surface area (Å²) in [7, 11) is 0. The van der Waals surface area contributed by atoms with Crippen molar-refractivity contribution in [1.29, 1.82) is 0 Å². The van der Waals surface area contributed by atoms with Gasteiger partial charge < -0.3 is 9.64 Å². The molecular weight excluding hydrogens is 339 g/mol. The van der Waals surface area contributed by atoms with E-state index in [1.807, 2.05) is 17.0 Å². The number of rotatable bonds is 4. The Labute approximate surface area is 148 Å². The van der Waals surface area contributed by atoms with Crippen molar-refractivity contribution in [3.8, 4) is 0 Å². The first kappa shape index (κ1) is 16.2. The van der Waals surface area contributed by atoms with Crippen molar-refractivity contribution in [1.82, 2.24) is 4.98 Å². The van der Waals surface area contributed by atoms with Gasteiger partial charge in [0.2, 0.25) is 0 Å². The number of carbonyl (C=O) groups excluding carboxylic acids is 1. The third kappa shape index (κ3) is 2.89. The van der Waals surface area contributed by atoms with Gasteiger partial charge in [-0.15, -0.1) is 0 Å². The van der Waals surface area contributed by atoms with Gasteiger partial charge in [-0.3, -0.25) is 9.88 Å². The number of anilines is 2. The van der Waals surface area contributed by atoms with Crippen LogP contribution in [0, 0.1) is 5.82 Å². The number of fused-ring (bicyclic) bond motifs is 1. The molecule has 0 unspecified atom stereocenters. The molecule has 1 aromatic carbocycles. The van der Waals surface area contributed by atoms with E-state index in [-0.39, 0.29) is 13.1 Å². The van der Waals surface area contributed by atoms with E-state index >= 15 is 0 Å². The molecule has 1 fully saturated rings. The highest BCUT2D eigenvalue weighted by Gasteiger charge is 2.32. The number of amides is 1. The second-order valence-corrected chi connectivity index (χ2v) is 6.13. The molecule has 1 atom stereocenters. The molecule has 1 amide bonds. The number of ether oxygens (including phenoxy) is 1. The van der Waals surface area contributed by atoms with E-state index in [2.05, 4.69) is 15.0 Å². The predicted octanol–water partition coefficient (Wildman–Crippen LogP) is 3.38. The monoisotopic (exact) mass is 354 g/mol. The van der Waals surface area contributed by atoms with Crippen molar-refractivity contribution in [2.75, 3.05) is 22.9 Å². The molecule has 8 nitrogen and oxygen atoms in total. The van der Waals surface area contributed by atoms with Gasteiger partial charge in [0.15, 0.2) is 0 Å². The smallest absolute Gasteiger partial charge is 0.414 e. The summed E-state index contributed by atoms with van der Waals surface area (Å²) in [5.74, 6) is -0.415. The SMILES string of the molecule is [N-]=[N+]=NC[C@H]1CN(c2ccc(N3Cc4cccnc4C3)c(F)c2)C(=O)O1. The van der Waals surface area contributed by atoms with Crippen LogP contribution in [-0.4, -0.2) is 30.3 Å². The normalized spacial score (nSPS) is 18.5. The van der Waals surface area contributed by atoms with E-state index in [0.29, 0.717) is 24.5 Å². The number of cyclic esters (lactones) is 1. The third-order valence-corrected chi connectivity index (χ3v) is 4.49. The van der Waals surface area contributed by atoms with Gasteiger partial charge in [-0.1, -0.05) is 11.2 Å². The topological polar surface area (TPSA) is 94.4 Å². The van der Waals surface area contributed by atoms with Crippen LogP contribution < -0.4 is 9.80 Å². The molecule has 1 aromatic heterocycles. The van der Waals surface area contributed by atoms with Crippen LogP contribution in [0.15, 0.2) is 41.6 Å². The lowest BCUT2D eigenvalue weighted by Gasteiger charge is -2.20. The first-order valence-electron chi connectivity index (χ1n) is 8.12. The summed E-state index contributed by atoms with van der Waals surface area (Å²) in [6, 6.07) is 8.52. The number of azide groups is 1. The molecule has 0 N–H and O–H groups in total. The van der Waals surface area contributed by atoms with Gasteiger partial charge in [0.1, 0.15) is 11.9 Å². The molecule has 26 heavy (non-hydrogen) atoms. The maximum Gasteiger partial charge on any atom is 0.414 e. The lowest BCUT2D eigenvalue weighted by molar-refractivity contribution is 0.145. The first-order chi connectivity index (χ1) is 12.7. The molecule has 2 aliphatic heterocycles. The number of hydrogen-bond acceptors (Lipinski definition) is 5. The summed E-state index contributed by atoms with van der Waals surface area (Å²) in [6.45, 7) is 1.42. The van der Waals surface area contributed by atoms with Gasteiger partial charge in [0.25, 0.3) is 0 Å². The summed E-state index contributed by atoms with van der Waals surface area (Å²) in [6.07, 6.45) is 0.626. The van der Waals surface area contributed by atoms with Gasteiger partial charge in [0, 0.05) is 17.7 Å². The minimum Gasteiger partial charge on any atom is -0.444 e. The van der Waals surface area contributed by atoms with E-state index < -0.39 is 18.0 Å².